The maximum atomic E-state index is 13.4. The van der Waals surface area contributed by atoms with Crippen molar-refractivity contribution in [3.05, 3.63) is 59.8 Å². The number of rotatable bonds is 9. The summed E-state index contributed by atoms with van der Waals surface area (Å²) in [7, 11) is -1.91. The summed E-state index contributed by atoms with van der Waals surface area (Å²) in [6.45, 7) is 14.1. The van der Waals surface area contributed by atoms with Gasteiger partial charge in [-0.15, -0.1) is 0 Å². The van der Waals surface area contributed by atoms with Crippen LogP contribution in [0.3, 0.4) is 0 Å². The molecule has 1 heterocycles. The number of aromatic nitrogens is 1. The minimum atomic E-state index is -1.91. The average Bonchev–Trinajstić information content (AvgIpc) is 2.85. The first-order valence-electron chi connectivity index (χ1n) is 13.3. The first kappa shape index (κ1) is 28.9. The molecule has 1 aliphatic carbocycles. The third kappa shape index (κ3) is 8.67. The summed E-state index contributed by atoms with van der Waals surface area (Å²) in [5.74, 6) is 0.683. The van der Waals surface area contributed by atoms with E-state index in [4.69, 9.17) is 9.16 Å². The van der Waals surface area contributed by atoms with Gasteiger partial charge in [-0.25, -0.2) is 9.78 Å². The lowest BCUT2D eigenvalue weighted by molar-refractivity contribution is -0.127. The lowest BCUT2D eigenvalue weighted by atomic mass is 9.80. The van der Waals surface area contributed by atoms with Gasteiger partial charge in [0, 0.05) is 18.7 Å². The molecule has 37 heavy (non-hydrogen) atoms. The van der Waals surface area contributed by atoms with Crippen molar-refractivity contribution in [2.24, 2.45) is 11.8 Å². The zero-order chi connectivity index (χ0) is 27.1. The Kier molecular flexibility index (Phi) is 9.90. The van der Waals surface area contributed by atoms with E-state index in [1.807, 2.05) is 42.5 Å². The summed E-state index contributed by atoms with van der Waals surface area (Å²) in [5.41, 5.74) is 1.91. The Bertz CT molecular complexity index is 1030. The van der Waals surface area contributed by atoms with Crippen molar-refractivity contribution in [1.82, 2.24) is 10.3 Å². The summed E-state index contributed by atoms with van der Waals surface area (Å²) in [6.07, 6.45) is 3.93. The highest BCUT2D eigenvalue weighted by molar-refractivity contribution is 6.74. The number of benzene rings is 1. The third-order valence-electron chi connectivity index (χ3n) is 7.74. The number of amides is 2. The van der Waals surface area contributed by atoms with Crippen molar-refractivity contribution in [3.63, 3.8) is 0 Å². The maximum absolute atomic E-state index is 13.4. The number of nitrogens with one attached hydrogen (secondary N) is 2. The Hall–Kier alpha value is -2.71. The molecule has 0 spiro atoms. The van der Waals surface area contributed by atoms with Crippen LogP contribution in [-0.2, 0) is 27.1 Å². The minimum Gasteiger partial charge on any atom is -0.436 e. The Morgan fingerprint density at radius 3 is 2.38 bits per heavy atom. The topological polar surface area (TPSA) is 89.5 Å². The van der Waals surface area contributed by atoms with Crippen LogP contribution in [0.1, 0.15) is 64.5 Å². The lowest BCUT2D eigenvalue weighted by Gasteiger charge is -2.36. The van der Waals surface area contributed by atoms with Crippen molar-refractivity contribution in [3.8, 4) is 0 Å². The molecule has 8 heteroatoms. The van der Waals surface area contributed by atoms with Crippen molar-refractivity contribution >= 4 is 26.1 Å². The fourth-order valence-corrected chi connectivity index (χ4v) is 5.15. The number of hydrogen-bond acceptors (Lipinski definition) is 5. The highest BCUT2D eigenvalue weighted by atomic mass is 28.4. The minimum absolute atomic E-state index is 0.0243. The Morgan fingerprint density at radius 2 is 1.73 bits per heavy atom. The quantitative estimate of drug-likeness (QED) is 0.357. The summed E-state index contributed by atoms with van der Waals surface area (Å²) < 4.78 is 12.1. The Labute approximate surface area is 222 Å². The summed E-state index contributed by atoms with van der Waals surface area (Å²) >= 11 is 0. The summed E-state index contributed by atoms with van der Waals surface area (Å²) in [4.78, 5) is 30.4. The maximum Gasteiger partial charge on any atom is 0.408 e. The standard InChI is InChI=1S/C29H43N3O4Si/c1-21-12-14-24(15-13-21)26(36-28(34)31-19-22-10-8-7-9-11-22)27(33)32-25-18-23(16-17-30-25)20-35-37(5,6)29(2,3)4/h7-11,16-18,21,24,26H,12-15,19-20H2,1-6H3,(H,31,34)(H,30,32,33). The first-order chi connectivity index (χ1) is 17.4. The first-order valence-corrected chi connectivity index (χ1v) is 16.2. The molecule has 1 fully saturated rings. The van der Waals surface area contributed by atoms with Gasteiger partial charge in [-0.05, 0) is 60.2 Å². The fraction of sp³-hybridized carbons (Fsp3) is 0.552. The van der Waals surface area contributed by atoms with Crippen LogP contribution in [0.2, 0.25) is 18.1 Å². The normalized spacial score (nSPS) is 19.1. The van der Waals surface area contributed by atoms with Gasteiger partial charge in [-0.3, -0.25) is 4.79 Å². The Morgan fingerprint density at radius 1 is 1.05 bits per heavy atom. The average molecular weight is 526 g/mol. The van der Waals surface area contributed by atoms with Crippen LogP contribution in [0, 0.1) is 11.8 Å². The fourth-order valence-electron chi connectivity index (χ4n) is 4.19. The van der Waals surface area contributed by atoms with Crippen LogP contribution in [-0.4, -0.2) is 31.4 Å². The van der Waals surface area contributed by atoms with Crippen molar-refractivity contribution in [2.45, 2.75) is 90.8 Å². The molecule has 1 saturated carbocycles. The number of nitrogens with zero attached hydrogens (tertiary/aromatic N) is 1. The SMILES string of the molecule is CC1CCC(C(OC(=O)NCc2ccccc2)C(=O)Nc2cc(CO[Si](C)(C)C(C)(C)C)ccn2)CC1. The van der Waals surface area contributed by atoms with E-state index in [-0.39, 0.29) is 16.9 Å². The van der Waals surface area contributed by atoms with E-state index in [1.165, 1.54) is 0 Å². The molecule has 0 aliphatic heterocycles. The van der Waals surface area contributed by atoms with Gasteiger partial charge in [0.2, 0.25) is 0 Å². The van der Waals surface area contributed by atoms with Gasteiger partial charge in [0.15, 0.2) is 14.4 Å². The van der Waals surface area contributed by atoms with Crippen LogP contribution in [0.5, 0.6) is 0 Å². The number of carbonyl (C=O) groups excluding carboxylic acids is 2. The van der Waals surface area contributed by atoms with Crippen LogP contribution in [0.25, 0.3) is 0 Å². The van der Waals surface area contributed by atoms with E-state index in [0.29, 0.717) is 24.9 Å². The highest BCUT2D eigenvalue weighted by Crippen LogP contribution is 2.37. The van der Waals surface area contributed by atoms with E-state index >= 15 is 0 Å². The second-order valence-corrected chi connectivity index (χ2v) is 16.6. The monoisotopic (exact) mass is 525 g/mol. The molecule has 1 aliphatic rings. The smallest absolute Gasteiger partial charge is 0.408 e. The summed E-state index contributed by atoms with van der Waals surface area (Å²) in [5, 5.41) is 5.79. The molecule has 2 N–H and O–H groups in total. The number of pyridine rings is 1. The van der Waals surface area contributed by atoms with Crippen molar-refractivity contribution in [2.75, 3.05) is 5.32 Å². The van der Waals surface area contributed by atoms with Gasteiger partial charge < -0.3 is 19.8 Å². The van der Waals surface area contributed by atoms with Gasteiger partial charge in [0.1, 0.15) is 5.82 Å². The number of alkyl carbamates (subject to hydrolysis) is 1. The predicted octanol–water partition coefficient (Wildman–Crippen LogP) is 6.66. The molecule has 0 radical (unpaired) electrons. The van der Waals surface area contributed by atoms with Crippen LogP contribution in [0.15, 0.2) is 48.7 Å². The molecule has 2 aromatic rings. The van der Waals surface area contributed by atoms with Crippen LogP contribution >= 0.6 is 0 Å². The zero-order valence-corrected chi connectivity index (χ0v) is 24.2. The molecule has 1 atom stereocenters. The van der Waals surface area contributed by atoms with Gasteiger partial charge in [-0.1, -0.05) is 70.9 Å². The molecule has 0 bridgehead atoms. The van der Waals surface area contributed by atoms with E-state index < -0.39 is 20.5 Å². The molecule has 0 saturated heterocycles. The second-order valence-electron chi connectivity index (χ2n) is 11.8. The molecular formula is C29H43N3O4Si. The molecule has 202 valence electrons. The largest absolute Gasteiger partial charge is 0.436 e. The molecular weight excluding hydrogens is 482 g/mol. The van der Waals surface area contributed by atoms with Crippen molar-refractivity contribution < 1.29 is 18.8 Å². The van der Waals surface area contributed by atoms with E-state index in [9.17, 15) is 9.59 Å². The molecule has 3 rings (SSSR count). The van der Waals surface area contributed by atoms with Gasteiger partial charge >= 0.3 is 6.09 Å². The number of carbonyl (C=O) groups is 2. The lowest BCUT2D eigenvalue weighted by Crippen LogP contribution is -2.42. The molecule has 1 unspecified atom stereocenters. The van der Waals surface area contributed by atoms with Gasteiger partial charge in [-0.2, -0.15) is 0 Å². The van der Waals surface area contributed by atoms with E-state index in [1.54, 1.807) is 6.20 Å². The Balaban J connectivity index is 1.66. The van der Waals surface area contributed by atoms with Crippen molar-refractivity contribution in [1.29, 1.82) is 0 Å². The highest BCUT2D eigenvalue weighted by Gasteiger charge is 2.37. The van der Waals surface area contributed by atoms with Crippen LogP contribution in [0.4, 0.5) is 10.6 Å². The van der Waals surface area contributed by atoms with Gasteiger partial charge in [0.25, 0.3) is 5.91 Å². The number of hydrogen-bond donors (Lipinski definition) is 2. The van der Waals surface area contributed by atoms with E-state index in [0.717, 1.165) is 36.8 Å². The van der Waals surface area contributed by atoms with E-state index in [2.05, 4.69) is 56.4 Å². The van der Waals surface area contributed by atoms with Gasteiger partial charge in [0.05, 0.1) is 6.61 Å². The second kappa shape index (κ2) is 12.7. The molecule has 2 amide bonds. The van der Waals surface area contributed by atoms with Crippen LogP contribution < -0.4 is 10.6 Å². The molecule has 1 aromatic carbocycles. The molecule has 1 aromatic heterocycles. The third-order valence-corrected chi connectivity index (χ3v) is 12.2. The summed E-state index contributed by atoms with van der Waals surface area (Å²) in [6, 6.07) is 13.4. The number of anilines is 1. The number of ether oxygens (including phenoxy) is 1. The predicted molar refractivity (Wildman–Crippen MR) is 150 cm³/mol. The molecule has 7 nitrogen and oxygen atoms in total. The zero-order valence-electron chi connectivity index (χ0n) is 23.2.